The molecule has 1 unspecified atom stereocenters. The van der Waals surface area contributed by atoms with Crippen LogP contribution in [0.25, 0.3) is 0 Å². The van der Waals surface area contributed by atoms with Crippen molar-refractivity contribution in [2.75, 3.05) is 7.05 Å². The van der Waals surface area contributed by atoms with Crippen LogP contribution in [0.2, 0.25) is 0 Å². The number of likely N-dealkylation sites (N-methyl/N-ethyl adjacent to an activating group) is 1. The van der Waals surface area contributed by atoms with Gasteiger partial charge in [-0.15, -0.1) is 0 Å². The molecule has 0 aromatic carbocycles. The van der Waals surface area contributed by atoms with E-state index in [0.29, 0.717) is 0 Å². The molecular formula is C12H15NO2. The molecule has 0 fully saturated rings. The van der Waals surface area contributed by atoms with Crippen molar-refractivity contribution in [1.82, 2.24) is 5.32 Å². The molecule has 3 nitrogen and oxygen atoms in total. The van der Waals surface area contributed by atoms with Crippen LogP contribution in [0.5, 0.6) is 0 Å². The Morgan fingerprint density at radius 1 is 1.33 bits per heavy atom. The lowest BCUT2D eigenvalue weighted by Gasteiger charge is -2.13. The van der Waals surface area contributed by atoms with Crippen LogP contribution in [0, 0.1) is 6.92 Å². The van der Waals surface area contributed by atoms with E-state index in [9.17, 15) is 0 Å². The molecule has 0 saturated heterocycles. The van der Waals surface area contributed by atoms with E-state index >= 15 is 0 Å². The fraction of sp³-hybridized carbons (Fsp3) is 0.333. The topological polar surface area (TPSA) is 38.3 Å². The summed E-state index contributed by atoms with van der Waals surface area (Å²) in [7, 11) is 1.94. The van der Waals surface area contributed by atoms with Crippen LogP contribution in [0.4, 0.5) is 0 Å². The summed E-state index contributed by atoms with van der Waals surface area (Å²) in [4.78, 5) is 0. The summed E-state index contributed by atoms with van der Waals surface area (Å²) in [5.74, 6) is 0.999. The molecule has 2 heterocycles. The Balaban J connectivity index is 2.15. The molecule has 15 heavy (non-hydrogen) atoms. The van der Waals surface area contributed by atoms with E-state index in [2.05, 4.69) is 12.2 Å². The summed E-state index contributed by atoms with van der Waals surface area (Å²) in [5, 5.41) is 3.25. The fourth-order valence-electron chi connectivity index (χ4n) is 1.71. The zero-order chi connectivity index (χ0) is 10.7. The van der Waals surface area contributed by atoms with Crippen molar-refractivity contribution in [2.24, 2.45) is 0 Å². The fourth-order valence-corrected chi connectivity index (χ4v) is 1.71. The van der Waals surface area contributed by atoms with Gasteiger partial charge in [-0.05, 0) is 43.7 Å². The van der Waals surface area contributed by atoms with E-state index in [1.54, 1.807) is 18.8 Å². The smallest absolute Gasteiger partial charge is 0.123 e. The molecule has 80 valence electrons. The molecule has 0 bridgehead atoms. The highest BCUT2D eigenvalue weighted by molar-refractivity contribution is 5.21. The number of furan rings is 2. The third-order valence-electron chi connectivity index (χ3n) is 2.59. The normalized spacial score (nSPS) is 12.9. The summed E-state index contributed by atoms with van der Waals surface area (Å²) < 4.78 is 10.5. The molecule has 0 aliphatic heterocycles. The van der Waals surface area contributed by atoms with Crippen molar-refractivity contribution >= 4 is 0 Å². The van der Waals surface area contributed by atoms with Crippen LogP contribution < -0.4 is 5.32 Å². The number of rotatable bonds is 4. The molecule has 0 amide bonds. The Kier molecular flexibility index (Phi) is 2.92. The van der Waals surface area contributed by atoms with E-state index in [1.165, 1.54) is 11.1 Å². The number of nitrogens with one attached hydrogen (secondary N) is 1. The minimum absolute atomic E-state index is 0.206. The van der Waals surface area contributed by atoms with Crippen molar-refractivity contribution in [1.29, 1.82) is 0 Å². The lowest BCUT2D eigenvalue weighted by Crippen LogP contribution is -2.18. The second-order valence-corrected chi connectivity index (χ2v) is 3.64. The van der Waals surface area contributed by atoms with Crippen molar-refractivity contribution in [3.8, 4) is 0 Å². The van der Waals surface area contributed by atoms with Gasteiger partial charge in [0, 0.05) is 0 Å². The molecule has 2 aromatic rings. The molecule has 0 aliphatic carbocycles. The lowest BCUT2D eigenvalue weighted by atomic mass is 10.0. The zero-order valence-corrected chi connectivity index (χ0v) is 8.99. The van der Waals surface area contributed by atoms with Crippen LogP contribution in [0.15, 0.2) is 39.8 Å². The van der Waals surface area contributed by atoms with Gasteiger partial charge in [-0.3, -0.25) is 0 Å². The maximum atomic E-state index is 5.47. The molecule has 2 aromatic heterocycles. The third kappa shape index (κ3) is 2.13. The maximum Gasteiger partial charge on any atom is 0.123 e. The first kappa shape index (κ1) is 10.1. The molecule has 0 radical (unpaired) electrons. The highest BCUT2D eigenvalue weighted by Gasteiger charge is 2.15. The number of aryl methyl sites for hydroxylation is 1. The van der Waals surface area contributed by atoms with Gasteiger partial charge in [-0.25, -0.2) is 0 Å². The predicted octanol–water partition coefficient (Wildman–Crippen LogP) is 2.68. The largest absolute Gasteiger partial charge is 0.472 e. The molecule has 1 atom stereocenters. The van der Waals surface area contributed by atoms with Crippen LogP contribution >= 0.6 is 0 Å². The standard InChI is InChI=1S/C12H15NO2/c1-9-3-6-15-12(9)11(13-2)7-10-4-5-14-8-10/h3-6,8,11,13H,7H2,1-2H3. The minimum Gasteiger partial charge on any atom is -0.472 e. The summed E-state index contributed by atoms with van der Waals surface area (Å²) in [5.41, 5.74) is 2.35. The van der Waals surface area contributed by atoms with E-state index < -0.39 is 0 Å². The first-order chi connectivity index (χ1) is 7.31. The predicted molar refractivity (Wildman–Crippen MR) is 57.7 cm³/mol. The molecule has 0 saturated carbocycles. The van der Waals surface area contributed by atoms with E-state index in [4.69, 9.17) is 8.83 Å². The minimum atomic E-state index is 0.206. The van der Waals surface area contributed by atoms with Crippen LogP contribution in [-0.2, 0) is 6.42 Å². The Morgan fingerprint density at radius 2 is 2.20 bits per heavy atom. The van der Waals surface area contributed by atoms with Gasteiger partial charge < -0.3 is 14.2 Å². The van der Waals surface area contributed by atoms with Gasteiger partial charge in [0.2, 0.25) is 0 Å². The van der Waals surface area contributed by atoms with Gasteiger partial charge in [-0.2, -0.15) is 0 Å². The molecule has 0 aliphatic rings. The van der Waals surface area contributed by atoms with Crippen molar-refractivity contribution in [3.63, 3.8) is 0 Å². The Morgan fingerprint density at radius 3 is 2.73 bits per heavy atom. The van der Waals surface area contributed by atoms with Crippen LogP contribution in [0.3, 0.4) is 0 Å². The van der Waals surface area contributed by atoms with Gasteiger partial charge in [0.15, 0.2) is 0 Å². The zero-order valence-electron chi connectivity index (χ0n) is 8.99. The van der Waals surface area contributed by atoms with Crippen molar-refractivity contribution in [2.45, 2.75) is 19.4 Å². The highest BCUT2D eigenvalue weighted by atomic mass is 16.3. The summed E-state index contributed by atoms with van der Waals surface area (Å²) in [6, 6.07) is 4.16. The summed E-state index contributed by atoms with van der Waals surface area (Å²) >= 11 is 0. The third-order valence-corrected chi connectivity index (χ3v) is 2.59. The Hall–Kier alpha value is -1.48. The van der Waals surface area contributed by atoms with E-state index in [-0.39, 0.29) is 6.04 Å². The SMILES string of the molecule is CNC(Cc1ccoc1)c1occc1C. The molecule has 0 spiro atoms. The average molecular weight is 205 g/mol. The Labute approximate surface area is 89.1 Å². The van der Waals surface area contributed by atoms with Gasteiger partial charge in [0.05, 0.1) is 24.8 Å². The van der Waals surface area contributed by atoms with Gasteiger partial charge in [-0.1, -0.05) is 0 Å². The monoisotopic (exact) mass is 205 g/mol. The second-order valence-electron chi connectivity index (χ2n) is 3.64. The summed E-state index contributed by atoms with van der Waals surface area (Å²) in [6.45, 7) is 2.05. The average Bonchev–Trinajstić information content (AvgIpc) is 2.85. The van der Waals surface area contributed by atoms with Crippen LogP contribution in [-0.4, -0.2) is 7.05 Å². The first-order valence-corrected chi connectivity index (χ1v) is 5.03. The number of hydrogen-bond acceptors (Lipinski definition) is 3. The lowest BCUT2D eigenvalue weighted by molar-refractivity contribution is 0.425. The van der Waals surface area contributed by atoms with E-state index in [1.807, 2.05) is 19.2 Å². The van der Waals surface area contributed by atoms with Crippen molar-refractivity contribution < 1.29 is 8.83 Å². The van der Waals surface area contributed by atoms with Gasteiger partial charge in [0.1, 0.15) is 5.76 Å². The Bertz CT molecular complexity index is 403. The first-order valence-electron chi connectivity index (χ1n) is 5.03. The number of hydrogen-bond donors (Lipinski definition) is 1. The maximum absolute atomic E-state index is 5.47. The molecule has 3 heteroatoms. The van der Waals surface area contributed by atoms with Gasteiger partial charge in [0.25, 0.3) is 0 Å². The highest BCUT2D eigenvalue weighted by Crippen LogP contribution is 2.22. The van der Waals surface area contributed by atoms with Crippen molar-refractivity contribution in [3.05, 3.63) is 47.8 Å². The second kappa shape index (κ2) is 4.36. The summed E-state index contributed by atoms with van der Waals surface area (Å²) in [6.07, 6.45) is 6.06. The quantitative estimate of drug-likeness (QED) is 0.834. The molecule has 1 N–H and O–H groups in total. The van der Waals surface area contributed by atoms with Gasteiger partial charge >= 0.3 is 0 Å². The molecular weight excluding hydrogens is 190 g/mol. The van der Waals surface area contributed by atoms with Crippen LogP contribution in [0.1, 0.15) is 22.9 Å². The van der Waals surface area contributed by atoms with E-state index in [0.717, 1.165) is 12.2 Å². The molecule has 2 rings (SSSR count).